The van der Waals surface area contributed by atoms with E-state index >= 15 is 0 Å². The summed E-state index contributed by atoms with van der Waals surface area (Å²) >= 11 is 0. The summed E-state index contributed by atoms with van der Waals surface area (Å²) in [4.78, 5) is 8.65. The van der Waals surface area contributed by atoms with E-state index in [0.717, 1.165) is 50.2 Å². The van der Waals surface area contributed by atoms with E-state index in [1.165, 1.54) is 22.7 Å². The van der Waals surface area contributed by atoms with Crippen LogP contribution in [0.2, 0.25) is 0 Å². The van der Waals surface area contributed by atoms with Crippen molar-refractivity contribution >= 4 is 74.7 Å². The van der Waals surface area contributed by atoms with E-state index in [-0.39, 0.29) is 32.4 Å². The molecule has 0 bridgehead atoms. The fraction of sp³-hybridized carbons (Fsp3) is 0.412. The van der Waals surface area contributed by atoms with Gasteiger partial charge in [-0.05, 0) is 85.6 Å². The van der Waals surface area contributed by atoms with Gasteiger partial charge in [0.25, 0.3) is 0 Å². The Balaban J connectivity index is 0.000000840. The summed E-state index contributed by atoms with van der Waals surface area (Å²) in [5.74, 6) is 0. The molecule has 0 spiro atoms. The normalized spacial score (nSPS) is 13.3. The number of rotatable bonds is 7. The van der Waals surface area contributed by atoms with Crippen LogP contribution in [-0.2, 0) is 19.8 Å². The summed E-state index contributed by atoms with van der Waals surface area (Å²) in [7, 11) is 5.39. The number of anilines is 6. The molecule has 272 valence electrons. The van der Waals surface area contributed by atoms with Crippen molar-refractivity contribution in [2.45, 2.75) is 78.0 Å². The van der Waals surface area contributed by atoms with Crippen molar-refractivity contribution in [3.8, 4) is 0 Å². The SMILES string of the molecule is CC(C)PPP.CC(C)[PH+](C(C)C)C(C)C.CN1[CH-]N(c2[c-]c(N3[CH-]N(C)c4ccccc43)ccc2)c2ccccc21.FB(F)F.[F-].[OsH2]. The van der Waals surface area contributed by atoms with Gasteiger partial charge in [-0.2, -0.15) is 19.4 Å². The molecule has 48 heavy (non-hydrogen) atoms. The van der Waals surface area contributed by atoms with Crippen molar-refractivity contribution in [2.75, 3.05) is 33.7 Å². The first-order valence-corrected chi connectivity index (χ1v) is 22.3. The van der Waals surface area contributed by atoms with Gasteiger partial charge in [-0.1, -0.05) is 54.3 Å². The van der Waals surface area contributed by atoms with E-state index < -0.39 is 7.54 Å². The minimum atomic E-state index is -3.67. The topological polar surface area (TPSA) is 13.0 Å². The first-order valence-electron chi connectivity index (χ1n) is 15.6. The Bertz CT molecular complexity index is 1230. The van der Waals surface area contributed by atoms with E-state index in [2.05, 4.69) is 184 Å². The Morgan fingerprint density at radius 1 is 0.667 bits per heavy atom. The number of para-hydroxylation sites is 4. The molecule has 4 nitrogen and oxygen atoms in total. The fourth-order valence-corrected chi connectivity index (χ4v) is 14.1. The van der Waals surface area contributed by atoms with E-state index in [1.807, 2.05) is 0 Å². The molecule has 3 aromatic carbocycles. The molecular weight excluding hydrogens is 865 g/mol. The summed E-state index contributed by atoms with van der Waals surface area (Å²) in [6, 6.07) is 26.7. The molecule has 2 heterocycles. The molecule has 0 amide bonds. The van der Waals surface area contributed by atoms with Crippen molar-refractivity contribution < 1.29 is 37.4 Å². The molecule has 3 unspecified atom stereocenters. The molecule has 2 aliphatic rings. The molecule has 0 fully saturated rings. The van der Waals surface area contributed by atoms with Crippen LogP contribution in [0.4, 0.5) is 47.1 Å². The third-order valence-corrected chi connectivity index (χ3v) is 15.8. The average molecular weight is 920 g/mol. The molecule has 14 heteroatoms. The molecule has 0 aliphatic carbocycles. The summed E-state index contributed by atoms with van der Waals surface area (Å²) in [5.41, 5.74) is 10.5. The molecule has 0 saturated heterocycles. The summed E-state index contributed by atoms with van der Waals surface area (Å²) in [6.45, 7) is 22.9. The van der Waals surface area contributed by atoms with E-state index in [1.54, 1.807) is 0 Å². The van der Waals surface area contributed by atoms with Crippen molar-refractivity contribution in [1.29, 1.82) is 0 Å². The molecule has 0 saturated carbocycles. The van der Waals surface area contributed by atoms with Gasteiger partial charge >= 0.3 is 27.3 Å². The Morgan fingerprint density at radius 3 is 1.25 bits per heavy atom. The number of halogens is 4. The van der Waals surface area contributed by atoms with Gasteiger partial charge in [0.15, 0.2) is 0 Å². The van der Waals surface area contributed by atoms with Crippen molar-refractivity contribution in [3.05, 3.63) is 86.1 Å². The Morgan fingerprint density at radius 2 is 1.00 bits per heavy atom. The van der Waals surface area contributed by atoms with Gasteiger partial charge in [0.2, 0.25) is 0 Å². The zero-order chi connectivity index (χ0) is 34.6. The third-order valence-electron chi connectivity index (χ3n) is 7.28. The quantitative estimate of drug-likeness (QED) is 0.103. The van der Waals surface area contributed by atoms with Crippen LogP contribution in [0.15, 0.2) is 66.7 Å². The first kappa shape index (κ1) is 47.0. The third kappa shape index (κ3) is 14.3. The molecule has 3 atom stereocenters. The predicted octanol–water partition coefficient (Wildman–Crippen LogP) is 8.13. The summed E-state index contributed by atoms with van der Waals surface area (Å²) in [5, 5.41) is 0. The zero-order valence-electron chi connectivity index (χ0n) is 29.7. The minimum absolute atomic E-state index is 0. The van der Waals surface area contributed by atoms with Crippen LogP contribution >= 0.6 is 33.1 Å². The van der Waals surface area contributed by atoms with Crippen LogP contribution in [-0.4, -0.2) is 44.3 Å². The maximum atomic E-state index is 9.67. The van der Waals surface area contributed by atoms with Crippen LogP contribution < -0.4 is 24.3 Å². The van der Waals surface area contributed by atoms with Crippen LogP contribution in [0.3, 0.4) is 0 Å². The van der Waals surface area contributed by atoms with Gasteiger partial charge in [-0.25, -0.2) is 0 Å². The number of fused-ring (bicyclic) bond motifs is 2. The Labute approximate surface area is 308 Å². The average Bonchev–Trinajstić information content (AvgIpc) is 3.50. The first-order chi connectivity index (χ1) is 21.7. The molecule has 0 radical (unpaired) electrons. The fourth-order valence-electron chi connectivity index (χ4n) is 5.80. The van der Waals surface area contributed by atoms with Crippen LogP contribution in [0.25, 0.3) is 0 Å². The van der Waals surface area contributed by atoms with Gasteiger partial charge in [0, 0.05) is 30.7 Å². The summed E-state index contributed by atoms with van der Waals surface area (Å²) in [6.07, 6.45) is 0. The molecule has 5 rings (SSSR count). The number of hydrogen-bond acceptors (Lipinski definition) is 4. The van der Waals surface area contributed by atoms with Gasteiger partial charge in [-0.15, -0.1) is 38.5 Å². The van der Waals surface area contributed by atoms with Gasteiger partial charge in [0.1, 0.15) is 0 Å². The second-order valence-electron chi connectivity index (χ2n) is 12.2. The maximum absolute atomic E-state index is 9.67. The number of benzene rings is 3. The Hall–Kier alpha value is -0.999. The van der Waals surface area contributed by atoms with Gasteiger partial charge in [-0.3, -0.25) is 12.9 Å². The monoisotopic (exact) mass is 921 g/mol. The van der Waals surface area contributed by atoms with Crippen LogP contribution in [0.5, 0.6) is 0 Å². The van der Waals surface area contributed by atoms with E-state index in [0.29, 0.717) is 0 Å². The summed E-state index contributed by atoms with van der Waals surface area (Å²) < 4.78 is 29.0. The number of hydrogen-bond donors (Lipinski definition) is 0. The Kier molecular flexibility index (Phi) is 23.0. The van der Waals surface area contributed by atoms with Crippen molar-refractivity contribution in [2.24, 2.45) is 0 Å². The van der Waals surface area contributed by atoms with Gasteiger partial charge < -0.3 is 24.3 Å². The molecule has 0 N–H and O–H groups in total. The second kappa shape index (κ2) is 23.5. The van der Waals surface area contributed by atoms with Crippen molar-refractivity contribution in [1.82, 2.24) is 0 Å². The van der Waals surface area contributed by atoms with Crippen LogP contribution in [0.1, 0.15) is 55.4 Å². The van der Waals surface area contributed by atoms with Crippen LogP contribution in [0, 0.1) is 19.4 Å². The molecule has 3 aromatic rings. The second-order valence-corrected chi connectivity index (χ2v) is 22.8. The molecule has 2 aliphatic heterocycles. The molecular formula is C34H54BF4N4OsP4-3. The van der Waals surface area contributed by atoms with E-state index in [9.17, 15) is 12.9 Å². The zero-order valence-corrected chi connectivity index (χ0v) is 36.8. The molecule has 0 aromatic heterocycles. The van der Waals surface area contributed by atoms with E-state index in [4.69, 9.17) is 0 Å². The number of nitrogens with zero attached hydrogens (tertiary/aromatic N) is 4. The predicted molar refractivity (Wildman–Crippen MR) is 215 cm³/mol. The van der Waals surface area contributed by atoms with Gasteiger partial charge in [0.05, 0.1) is 17.0 Å². The standard InChI is InChI=1S/C22H19N4.C9H21P.C3H11P3.BF3.FH.Os.2H/c1-23-15-25(21-12-5-3-10-19(21)23)17-8-7-9-18(14-17)26-16-24(2)20-11-4-6-13-22(20)26;1-7(2)10(8(3)4)9(5)6;1-3(2)5-6-4;2-1(3)4;;;;/h3-13,15-16H,1-2H3;7-9H,1-6H3;3,5-6H,4H2,1-2H3;;1H;;;/q-3;;;;;;;. The van der Waals surface area contributed by atoms with Crippen molar-refractivity contribution in [3.63, 3.8) is 0 Å².